The first-order valence-electron chi connectivity index (χ1n) is 13.6. The quantitative estimate of drug-likeness (QED) is 0.353. The van der Waals surface area contributed by atoms with Gasteiger partial charge in [0.05, 0.1) is 5.02 Å². The second-order valence-corrected chi connectivity index (χ2v) is 11.6. The van der Waals surface area contributed by atoms with E-state index >= 15 is 4.39 Å². The Labute approximate surface area is 233 Å². The Balaban J connectivity index is 1.58. The van der Waals surface area contributed by atoms with Gasteiger partial charge < -0.3 is 25.5 Å². The highest BCUT2D eigenvalue weighted by atomic mass is 35.5. The number of halogens is 2. The average Bonchev–Trinajstić information content (AvgIpc) is 3.02. The number of nitrogens with zero attached hydrogens (tertiary/aromatic N) is 5. The zero-order valence-electron chi connectivity index (χ0n) is 22.5. The van der Waals surface area contributed by atoms with E-state index in [-0.39, 0.29) is 33.9 Å². The summed E-state index contributed by atoms with van der Waals surface area (Å²) in [7, 11) is 4.12. The molecule has 204 valence electrons. The van der Waals surface area contributed by atoms with Gasteiger partial charge in [0.25, 0.3) is 0 Å². The molecule has 3 N–H and O–H groups in total. The number of benzene rings is 3. The van der Waals surface area contributed by atoms with Gasteiger partial charge in [-0.3, -0.25) is 0 Å². The molecule has 0 amide bonds. The van der Waals surface area contributed by atoms with E-state index in [1.807, 2.05) is 24.3 Å². The molecule has 2 aliphatic rings. The molecule has 4 aromatic rings. The van der Waals surface area contributed by atoms with Crippen molar-refractivity contribution in [2.75, 3.05) is 43.5 Å². The van der Waals surface area contributed by atoms with Gasteiger partial charge in [-0.15, -0.1) is 0 Å². The number of hydrogen-bond donors (Lipinski definition) is 2. The smallest absolute Gasteiger partial charge is 0.228 e. The molecule has 0 bridgehead atoms. The van der Waals surface area contributed by atoms with E-state index in [0.717, 1.165) is 43.1 Å². The van der Waals surface area contributed by atoms with Crippen LogP contribution in [0.1, 0.15) is 26.2 Å². The Bertz CT molecular complexity index is 1560. The molecular weight excluding hydrogens is 515 g/mol. The largest absolute Gasteiger partial charge is 0.508 e. The maximum atomic E-state index is 16.7. The number of likely N-dealkylation sites (N-methyl/N-ethyl adjacent to an activating group) is 1. The molecule has 0 spiro atoms. The van der Waals surface area contributed by atoms with Crippen LogP contribution in [0.2, 0.25) is 5.02 Å². The maximum absolute atomic E-state index is 16.7. The van der Waals surface area contributed by atoms with Crippen LogP contribution in [-0.2, 0) is 0 Å². The van der Waals surface area contributed by atoms with E-state index < -0.39 is 5.82 Å². The number of rotatable bonds is 4. The number of anilines is 2. The zero-order valence-corrected chi connectivity index (χ0v) is 23.3. The number of nitrogens with two attached hydrogens (primary N) is 1. The van der Waals surface area contributed by atoms with Crippen LogP contribution in [0.4, 0.5) is 16.2 Å². The lowest BCUT2D eigenvalue weighted by Crippen LogP contribution is -2.58. The van der Waals surface area contributed by atoms with Crippen molar-refractivity contribution in [2.24, 2.45) is 5.73 Å². The van der Waals surface area contributed by atoms with Crippen LogP contribution in [-0.4, -0.2) is 71.8 Å². The molecule has 2 unspecified atom stereocenters. The van der Waals surface area contributed by atoms with E-state index in [2.05, 4.69) is 35.7 Å². The Morgan fingerprint density at radius 3 is 2.59 bits per heavy atom. The number of phenols is 1. The molecule has 0 saturated carbocycles. The molecule has 1 aromatic heterocycles. The third-order valence-electron chi connectivity index (χ3n) is 8.27. The highest BCUT2D eigenvalue weighted by Crippen LogP contribution is 2.43. The Kier molecular flexibility index (Phi) is 6.73. The first kappa shape index (κ1) is 26.0. The summed E-state index contributed by atoms with van der Waals surface area (Å²) in [4.78, 5) is 16.3. The SMILES string of the molecule is CC1CCCC(N)CN1c1nc(N2CC(N(C)C)C2)nc2c(F)c(-c3cc(O)cc4ccccc34)c(Cl)cc12. The van der Waals surface area contributed by atoms with Crippen LogP contribution in [0, 0.1) is 5.82 Å². The van der Waals surface area contributed by atoms with Crippen molar-refractivity contribution in [1.82, 2.24) is 14.9 Å². The van der Waals surface area contributed by atoms with Crippen LogP contribution in [0.15, 0.2) is 42.5 Å². The Morgan fingerprint density at radius 1 is 1.05 bits per heavy atom. The van der Waals surface area contributed by atoms with Crippen molar-refractivity contribution in [3.8, 4) is 16.9 Å². The Morgan fingerprint density at radius 2 is 1.82 bits per heavy atom. The van der Waals surface area contributed by atoms with Gasteiger partial charge in [-0.25, -0.2) is 9.37 Å². The van der Waals surface area contributed by atoms with Crippen molar-refractivity contribution in [3.63, 3.8) is 0 Å². The topological polar surface area (TPSA) is 81.8 Å². The van der Waals surface area contributed by atoms with Gasteiger partial charge in [0.1, 0.15) is 17.1 Å². The van der Waals surface area contributed by atoms with E-state index in [4.69, 9.17) is 27.3 Å². The van der Waals surface area contributed by atoms with E-state index in [9.17, 15) is 5.11 Å². The minimum absolute atomic E-state index is 0.00351. The predicted molar refractivity (Wildman–Crippen MR) is 157 cm³/mol. The summed E-state index contributed by atoms with van der Waals surface area (Å²) in [5.41, 5.74) is 7.43. The van der Waals surface area contributed by atoms with Crippen LogP contribution >= 0.6 is 11.6 Å². The number of aromatic hydroxyl groups is 1. The molecule has 2 fully saturated rings. The highest BCUT2D eigenvalue weighted by molar-refractivity contribution is 6.35. The molecule has 39 heavy (non-hydrogen) atoms. The lowest BCUT2D eigenvalue weighted by Gasteiger charge is -2.43. The fraction of sp³-hybridized carbons (Fsp3) is 0.400. The van der Waals surface area contributed by atoms with Crippen LogP contribution in [0.3, 0.4) is 0 Å². The number of phenolic OH excluding ortho intramolecular Hbond substituents is 1. The summed E-state index contributed by atoms with van der Waals surface area (Å²) < 4.78 is 16.7. The predicted octanol–water partition coefficient (Wildman–Crippen LogP) is 5.40. The normalized spacial score (nSPS) is 20.6. The van der Waals surface area contributed by atoms with E-state index in [1.165, 1.54) is 0 Å². The van der Waals surface area contributed by atoms with E-state index in [0.29, 0.717) is 35.3 Å². The molecule has 7 nitrogen and oxygen atoms in total. The molecule has 0 aliphatic carbocycles. The maximum Gasteiger partial charge on any atom is 0.228 e. The second-order valence-electron chi connectivity index (χ2n) is 11.2. The van der Waals surface area contributed by atoms with Gasteiger partial charge in [0, 0.05) is 48.7 Å². The zero-order chi connectivity index (χ0) is 27.4. The van der Waals surface area contributed by atoms with Crippen LogP contribution in [0.25, 0.3) is 32.8 Å². The number of fused-ring (bicyclic) bond motifs is 2. The summed E-state index contributed by atoms with van der Waals surface area (Å²) in [5.74, 6) is 0.704. The molecule has 2 atom stereocenters. The fourth-order valence-corrected chi connectivity index (χ4v) is 6.17. The van der Waals surface area contributed by atoms with Crippen molar-refractivity contribution in [3.05, 3.63) is 53.3 Å². The lowest BCUT2D eigenvalue weighted by atomic mass is 9.96. The molecular formula is C30H34ClFN6O. The van der Waals surface area contributed by atoms with Gasteiger partial charge in [-0.05, 0) is 74.8 Å². The molecule has 6 rings (SSSR count). The standard InChI is InChI=1S/C30H34ClFN6O/c1-17-7-6-9-19(33)14-38(17)29-24-13-25(31)26(23-12-21(39)11-18-8-4-5-10-22(18)23)27(32)28(24)34-30(35-29)37-15-20(16-37)36(2)3/h4-5,8,10-13,17,19-20,39H,6-7,9,14-16,33H2,1-3H3. The minimum Gasteiger partial charge on any atom is -0.508 e. The number of hydrogen-bond acceptors (Lipinski definition) is 7. The van der Waals surface area contributed by atoms with Gasteiger partial charge in [-0.2, -0.15) is 4.98 Å². The first-order valence-corrected chi connectivity index (χ1v) is 13.9. The van der Waals surface area contributed by atoms with Crippen molar-refractivity contribution >= 4 is 45.0 Å². The second kappa shape index (κ2) is 10.1. The number of aromatic nitrogens is 2. The summed E-state index contributed by atoms with van der Waals surface area (Å²) in [6.45, 7) is 4.34. The fourth-order valence-electron chi connectivity index (χ4n) is 5.87. The summed E-state index contributed by atoms with van der Waals surface area (Å²) in [5, 5.41) is 12.9. The van der Waals surface area contributed by atoms with Crippen molar-refractivity contribution < 1.29 is 9.50 Å². The van der Waals surface area contributed by atoms with Gasteiger partial charge in [0.2, 0.25) is 5.95 Å². The third kappa shape index (κ3) is 4.64. The molecule has 0 radical (unpaired) electrons. The molecule has 3 heterocycles. The molecule has 2 aliphatic heterocycles. The molecule has 2 saturated heterocycles. The van der Waals surface area contributed by atoms with Gasteiger partial charge >= 0.3 is 0 Å². The monoisotopic (exact) mass is 548 g/mol. The first-order chi connectivity index (χ1) is 18.7. The Hall–Kier alpha value is -3.20. The van der Waals surface area contributed by atoms with Crippen molar-refractivity contribution in [2.45, 2.75) is 44.3 Å². The highest BCUT2D eigenvalue weighted by Gasteiger charge is 2.33. The molecule has 9 heteroatoms. The summed E-state index contributed by atoms with van der Waals surface area (Å²) in [6.07, 6.45) is 2.96. The third-order valence-corrected chi connectivity index (χ3v) is 8.57. The van der Waals surface area contributed by atoms with E-state index in [1.54, 1.807) is 18.2 Å². The summed E-state index contributed by atoms with van der Waals surface area (Å²) >= 11 is 6.86. The van der Waals surface area contributed by atoms with Crippen molar-refractivity contribution in [1.29, 1.82) is 0 Å². The van der Waals surface area contributed by atoms with Crippen LogP contribution < -0.4 is 15.5 Å². The van der Waals surface area contributed by atoms with Gasteiger partial charge in [0.15, 0.2) is 5.82 Å². The average molecular weight is 549 g/mol. The minimum atomic E-state index is -0.519. The molecule has 3 aromatic carbocycles. The lowest BCUT2D eigenvalue weighted by molar-refractivity contribution is 0.245. The summed E-state index contributed by atoms with van der Waals surface area (Å²) in [6, 6.07) is 13.2. The van der Waals surface area contributed by atoms with Crippen LogP contribution in [0.5, 0.6) is 5.75 Å². The van der Waals surface area contributed by atoms with Gasteiger partial charge in [-0.1, -0.05) is 35.9 Å².